The van der Waals surface area contributed by atoms with E-state index in [2.05, 4.69) is 80.0 Å². The second-order valence-electron chi connectivity index (χ2n) is 7.32. The molecule has 0 amide bonds. The van der Waals surface area contributed by atoms with Crippen molar-refractivity contribution in [1.29, 1.82) is 0 Å². The Morgan fingerprint density at radius 1 is 0.893 bits per heavy atom. The van der Waals surface area contributed by atoms with Gasteiger partial charge in [0.2, 0.25) is 0 Å². The lowest BCUT2D eigenvalue weighted by Gasteiger charge is -2.15. The molecule has 0 atom stereocenters. The van der Waals surface area contributed by atoms with Gasteiger partial charge in [0.15, 0.2) is 0 Å². The minimum Gasteiger partial charge on any atom is -0.497 e. The zero-order chi connectivity index (χ0) is 19.8. The van der Waals surface area contributed by atoms with Crippen LogP contribution in [0.4, 0.5) is 11.5 Å². The maximum Gasteiger partial charge on any atom is 0.143 e. The van der Waals surface area contributed by atoms with E-state index < -0.39 is 0 Å². The van der Waals surface area contributed by atoms with Crippen LogP contribution in [-0.4, -0.2) is 16.5 Å². The van der Waals surface area contributed by atoms with Gasteiger partial charge in [0, 0.05) is 17.4 Å². The molecule has 2 heterocycles. The SMILES string of the molecule is COc1ccc(-c2nc3ccc(C)cn3c2Nc2c(C)cccc2C)c(C)c1. The molecule has 0 spiro atoms. The van der Waals surface area contributed by atoms with Crippen LogP contribution in [-0.2, 0) is 0 Å². The molecule has 2 aromatic heterocycles. The zero-order valence-corrected chi connectivity index (χ0v) is 17.0. The van der Waals surface area contributed by atoms with Crippen molar-refractivity contribution in [2.24, 2.45) is 0 Å². The summed E-state index contributed by atoms with van der Waals surface area (Å²) in [5.74, 6) is 1.83. The Hall–Kier alpha value is -3.27. The molecule has 0 bridgehead atoms. The third-order valence-corrected chi connectivity index (χ3v) is 5.18. The number of hydrogen-bond acceptors (Lipinski definition) is 3. The topological polar surface area (TPSA) is 38.6 Å². The molecule has 4 aromatic rings. The number of methoxy groups -OCH3 is 1. The molecule has 142 valence electrons. The van der Waals surface area contributed by atoms with E-state index in [1.807, 2.05) is 12.1 Å². The van der Waals surface area contributed by atoms with E-state index in [1.165, 1.54) is 16.7 Å². The molecule has 0 saturated carbocycles. The number of aryl methyl sites for hydroxylation is 4. The van der Waals surface area contributed by atoms with Crippen LogP contribution >= 0.6 is 0 Å². The first kappa shape index (κ1) is 18.1. The quantitative estimate of drug-likeness (QED) is 0.479. The third kappa shape index (κ3) is 3.11. The van der Waals surface area contributed by atoms with Gasteiger partial charge in [-0.15, -0.1) is 0 Å². The maximum absolute atomic E-state index is 5.38. The van der Waals surface area contributed by atoms with Gasteiger partial charge >= 0.3 is 0 Å². The van der Waals surface area contributed by atoms with Gasteiger partial charge in [0.1, 0.15) is 22.9 Å². The fraction of sp³-hybridized carbons (Fsp3) is 0.208. The molecule has 0 fully saturated rings. The van der Waals surface area contributed by atoms with Gasteiger partial charge in [-0.1, -0.05) is 24.3 Å². The molecule has 4 rings (SSSR count). The highest BCUT2D eigenvalue weighted by atomic mass is 16.5. The van der Waals surface area contributed by atoms with Crippen molar-refractivity contribution in [3.63, 3.8) is 0 Å². The van der Waals surface area contributed by atoms with Crippen LogP contribution in [0, 0.1) is 27.7 Å². The number of nitrogens with one attached hydrogen (secondary N) is 1. The normalized spacial score (nSPS) is 11.0. The van der Waals surface area contributed by atoms with E-state index in [4.69, 9.17) is 9.72 Å². The van der Waals surface area contributed by atoms with Gasteiger partial charge in [-0.05, 0) is 74.2 Å². The van der Waals surface area contributed by atoms with Gasteiger partial charge in [-0.2, -0.15) is 0 Å². The summed E-state index contributed by atoms with van der Waals surface area (Å²) in [6.45, 7) is 8.45. The number of hydrogen-bond donors (Lipinski definition) is 1. The summed E-state index contributed by atoms with van der Waals surface area (Å²) in [7, 11) is 1.69. The number of rotatable bonds is 4. The number of ether oxygens (including phenoxy) is 1. The average molecular weight is 371 g/mol. The van der Waals surface area contributed by atoms with Crippen molar-refractivity contribution in [3.8, 4) is 17.0 Å². The van der Waals surface area contributed by atoms with E-state index in [-0.39, 0.29) is 0 Å². The van der Waals surface area contributed by atoms with Crippen molar-refractivity contribution in [1.82, 2.24) is 9.38 Å². The zero-order valence-electron chi connectivity index (χ0n) is 17.0. The molecule has 0 aliphatic rings. The number of para-hydroxylation sites is 1. The Morgan fingerprint density at radius 3 is 2.32 bits per heavy atom. The van der Waals surface area contributed by atoms with E-state index in [0.29, 0.717) is 0 Å². The summed E-state index contributed by atoms with van der Waals surface area (Å²) in [4.78, 5) is 4.96. The molecule has 0 saturated heterocycles. The van der Waals surface area contributed by atoms with Crippen LogP contribution in [0.25, 0.3) is 16.9 Å². The standard InChI is InChI=1S/C24H25N3O/c1-15-9-12-21-25-23(20-11-10-19(28-5)13-18(20)4)24(27(21)14-15)26-22-16(2)7-6-8-17(22)3/h6-14,26H,1-5H3. The van der Waals surface area contributed by atoms with Crippen LogP contribution in [0.1, 0.15) is 22.3 Å². The summed E-state index contributed by atoms with van der Waals surface area (Å²) < 4.78 is 7.52. The number of aromatic nitrogens is 2. The van der Waals surface area contributed by atoms with Crippen LogP contribution in [0.5, 0.6) is 5.75 Å². The van der Waals surface area contributed by atoms with Gasteiger partial charge in [0.05, 0.1) is 7.11 Å². The Labute approximate surface area is 165 Å². The van der Waals surface area contributed by atoms with Crippen LogP contribution < -0.4 is 10.1 Å². The molecular formula is C24H25N3O. The van der Waals surface area contributed by atoms with Crippen molar-refractivity contribution < 1.29 is 4.74 Å². The van der Waals surface area contributed by atoms with Crippen molar-refractivity contribution in [2.75, 3.05) is 12.4 Å². The van der Waals surface area contributed by atoms with Crippen LogP contribution in [0.3, 0.4) is 0 Å². The van der Waals surface area contributed by atoms with Gasteiger partial charge in [0.25, 0.3) is 0 Å². The lowest BCUT2D eigenvalue weighted by molar-refractivity contribution is 0.414. The van der Waals surface area contributed by atoms with Gasteiger partial charge in [-0.25, -0.2) is 4.98 Å². The average Bonchev–Trinajstić information content (AvgIpc) is 3.02. The first-order valence-corrected chi connectivity index (χ1v) is 9.45. The van der Waals surface area contributed by atoms with E-state index >= 15 is 0 Å². The monoisotopic (exact) mass is 371 g/mol. The number of imidazole rings is 1. The third-order valence-electron chi connectivity index (χ3n) is 5.18. The fourth-order valence-electron chi connectivity index (χ4n) is 3.62. The molecule has 2 aromatic carbocycles. The van der Waals surface area contributed by atoms with Gasteiger partial charge < -0.3 is 10.1 Å². The van der Waals surface area contributed by atoms with E-state index in [9.17, 15) is 0 Å². The number of benzene rings is 2. The lowest BCUT2D eigenvalue weighted by atomic mass is 10.0. The summed E-state index contributed by atoms with van der Waals surface area (Å²) in [6.07, 6.45) is 2.13. The fourth-order valence-corrected chi connectivity index (χ4v) is 3.62. The summed E-state index contributed by atoms with van der Waals surface area (Å²) in [5, 5.41) is 3.68. The molecule has 0 aliphatic heterocycles. The number of nitrogens with zero attached hydrogens (tertiary/aromatic N) is 2. The second kappa shape index (κ2) is 7.04. The Kier molecular flexibility index (Phi) is 4.55. The largest absolute Gasteiger partial charge is 0.497 e. The van der Waals surface area contributed by atoms with Crippen molar-refractivity contribution >= 4 is 17.2 Å². The highest BCUT2D eigenvalue weighted by Gasteiger charge is 2.18. The predicted molar refractivity (Wildman–Crippen MR) is 116 cm³/mol. The number of fused-ring (bicyclic) bond motifs is 1. The first-order chi connectivity index (χ1) is 13.5. The molecule has 28 heavy (non-hydrogen) atoms. The molecule has 0 unspecified atom stereocenters. The van der Waals surface area contributed by atoms with E-state index in [1.54, 1.807) is 7.11 Å². The van der Waals surface area contributed by atoms with Crippen molar-refractivity contribution in [2.45, 2.75) is 27.7 Å². The summed E-state index contributed by atoms with van der Waals surface area (Å²) in [5.41, 5.74) is 8.81. The Bertz CT molecular complexity index is 1150. The number of anilines is 2. The van der Waals surface area contributed by atoms with Crippen molar-refractivity contribution in [3.05, 3.63) is 77.0 Å². The Balaban J connectivity index is 1.95. The summed E-state index contributed by atoms with van der Waals surface area (Å²) >= 11 is 0. The molecular weight excluding hydrogens is 346 g/mol. The predicted octanol–water partition coefficient (Wildman–Crippen LogP) is 5.99. The maximum atomic E-state index is 5.38. The lowest BCUT2D eigenvalue weighted by Crippen LogP contribution is -2.01. The van der Waals surface area contributed by atoms with E-state index in [0.717, 1.165) is 39.7 Å². The molecule has 1 N–H and O–H groups in total. The highest BCUT2D eigenvalue weighted by molar-refractivity contribution is 5.82. The minimum atomic E-state index is 0.852. The van der Waals surface area contributed by atoms with Crippen LogP contribution in [0.15, 0.2) is 54.7 Å². The highest BCUT2D eigenvalue weighted by Crippen LogP contribution is 2.36. The smallest absolute Gasteiger partial charge is 0.143 e. The second-order valence-corrected chi connectivity index (χ2v) is 7.32. The molecule has 4 nitrogen and oxygen atoms in total. The minimum absolute atomic E-state index is 0.852. The Morgan fingerprint density at radius 2 is 1.64 bits per heavy atom. The molecule has 0 radical (unpaired) electrons. The number of pyridine rings is 1. The first-order valence-electron chi connectivity index (χ1n) is 9.45. The molecule has 4 heteroatoms. The van der Waals surface area contributed by atoms with Crippen LogP contribution in [0.2, 0.25) is 0 Å². The molecule has 0 aliphatic carbocycles. The van der Waals surface area contributed by atoms with Gasteiger partial charge in [-0.3, -0.25) is 4.40 Å². The summed E-state index contributed by atoms with van der Waals surface area (Å²) in [6, 6.07) is 16.6.